The first-order valence-electron chi connectivity index (χ1n) is 7.52. The van der Waals surface area contributed by atoms with Crippen LogP contribution >= 0.6 is 0 Å². The molecule has 1 aromatic carbocycles. The van der Waals surface area contributed by atoms with Gasteiger partial charge in [-0.25, -0.2) is 4.79 Å². The first-order chi connectivity index (χ1) is 9.84. The maximum absolute atomic E-state index is 11.5. The minimum Gasteiger partial charge on any atom is -0.293 e. The van der Waals surface area contributed by atoms with Gasteiger partial charge in [-0.05, 0) is 18.6 Å². The van der Waals surface area contributed by atoms with Crippen LogP contribution in [0.25, 0.3) is 0 Å². The first-order valence-corrected chi connectivity index (χ1v) is 7.52. The van der Waals surface area contributed by atoms with Crippen molar-refractivity contribution in [2.24, 2.45) is 0 Å². The van der Waals surface area contributed by atoms with Crippen molar-refractivity contribution in [1.82, 2.24) is 0 Å². The Balaban J connectivity index is 1.91. The molecular formula is C17H25O3. The van der Waals surface area contributed by atoms with Crippen LogP contribution in [0.1, 0.15) is 61.7 Å². The summed E-state index contributed by atoms with van der Waals surface area (Å²) in [5.74, 6) is -0.432. The van der Waals surface area contributed by atoms with Gasteiger partial charge in [-0.2, -0.15) is 4.89 Å². The number of carbonyl (C=O) groups excluding carboxylic acids is 1. The second kappa shape index (κ2) is 11.5. The highest BCUT2D eigenvalue weighted by molar-refractivity contribution is 5.88. The third-order valence-electron chi connectivity index (χ3n) is 3.12. The van der Waals surface area contributed by atoms with Crippen LogP contribution in [0, 0.1) is 6.92 Å². The fraction of sp³-hybridized carbons (Fsp3) is 0.529. The van der Waals surface area contributed by atoms with Gasteiger partial charge < -0.3 is 0 Å². The number of unbranched alkanes of at least 4 members (excludes halogenated alkanes) is 7. The number of rotatable bonds is 11. The molecule has 111 valence electrons. The van der Waals surface area contributed by atoms with Gasteiger partial charge in [0.15, 0.2) is 0 Å². The smallest absolute Gasteiger partial charge is 0.293 e. The summed E-state index contributed by atoms with van der Waals surface area (Å²) in [4.78, 5) is 21.2. The topological polar surface area (TPSA) is 35.5 Å². The highest BCUT2D eigenvalue weighted by Crippen LogP contribution is 2.08. The summed E-state index contributed by atoms with van der Waals surface area (Å²) in [6, 6.07) is 8.86. The van der Waals surface area contributed by atoms with Crippen LogP contribution in [-0.2, 0) is 9.78 Å². The lowest BCUT2D eigenvalue weighted by molar-refractivity contribution is -0.241. The Bertz CT molecular complexity index is 349. The molecule has 0 aromatic heterocycles. The Kier molecular flexibility index (Phi) is 9.58. The molecule has 0 unspecified atom stereocenters. The molecule has 0 aliphatic heterocycles. The fourth-order valence-electron chi connectivity index (χ4n) is 1.94. The molecule has 0 spiro atoms. The van der Waals surface area contributed by atoms with Crippen LogP contribution < -0.4 is 0 Å². The van der Waals surface area contributed by atoms with Crippen LogP contribution in [0.3, 0.4) is 0 Å². The van der Waals surface area contributed by atoms with Crippen LogP contribution in [-0.4, -0.2) is 12.6 Å². The Morgan fingerprint density at radius 2 is 1.50 bits per heavy atom. The van der Waals surface area contributed by atoms with E-state index in [0.717, 1.165) is 19.3 Å². The molecule has 0 heterocycles. The largest absolute Gasteiger partial charge is 0.373 e. The molecule has 3 heteroatoms. The van der Waals surface area contributed by atoms with Crippen molar-refractivity contribution in [3.63, 3.8) is 0 Å². The summed E-state index contributed by atoms with van der Waals surface area (Å²) < 4.78 is 0. The standard InChI is InChI=1S/C17H25O3/c1-2-3-4-5-6-7-8-12-15-19-20-17(18)16-13-10-9-11-14-16/h9-11,13-14H,1-8,12,15H2. The maximum Gasteiger partial charge on any atom is 0.373 e. The number of hydrogen-bond donors (Lipinski definition) is 0. The quantitative estimate of drug-likeness (QED) is 0.333. The van der Waals surface area contributed by atoms with Gasteiger partial charge in [-0.3, -0.25) is 4.89 Å². The van der Waals surface area contributed by atoms with Gasteiger partial charge in [0.1, 0.15) is 0 Å². The predicted molar refractivity (Wildman–Crippen MR) is 80.1 cm³/mol. The molecular weight excluding hydrogens is 252 g/mol. The Morgan fingerprint density at radius 1 is 0.900 bits per heavy atom. The second-order valence-electron chi connectivity index (χ2n) is 4.89. The summed E-state index contributed by atoms with van der Waals surface area (Å²) >= 11 is 0. The SMILES string of the molecule is [CH2]CCCCCCCCCOOC(=O)c1ccccc1. The molecule has 1 rings (SSSR count). The molecule has 0 aliphatic rings. The minimum absolute atomic E-state index is 0.432. The van der Waals surface area contributed by atoms with E-state index < -0.39 is 5.97 Å². The Labute approximate surface area is 122 Å². The van der Waals surface area contributed by atoms with Crippen LogP contribution in [0.15, 0.2) is 30.3 Å². The van der Waals surface area contributed by atoms with Gasteiger partial charge in [0.2, 0.25) is 0 Å². The molecule has 0 aliphatic carbocycles. The van der Waals surface area contributed by atoms with Gasteiger partial charge in [0, 0.05) is 0 Å². The van der Waals surface area contributed by atoms with E-state index in [-0.39, 0.29) is 0 Å². The average molecular weight is 277 g/mol. The minimum atomic E-state index is -0.432. The molecule has 3 nitrogen and oxygen atoms in total. The van der Waals surface area contributed by atoms with Gasteiger partial charge in [0.05, 0.1) is 12.2 Å². The van der Waals surface area contributed by atoms with E-state index >= 15 is 0 Å². The highest BCUT2D eigenvalue weighted by atomic mass is 17.2. The fourth-order valence-corrected chi connectivity index (χ4v) is 1.94. The van der Waals surface area contributed by atoms with Crippen molar-refractivity contribution in [3.8, 4) is 0 Å². The van der Waals surface area contributed by atoms with Crippen molar-refractivity contribution in [2.45, 2.75) is 51.4 Å². The highest BCUT2D eigenvalue weighted by Gasteiger charge is 2.06. The molecule has 1 aromatic rings. The zero-order valence-corrected chi connectivity index (χ0v) is 12.2. The number of hydrogen-bond acceptors (Lipinski definition) is 3. The van der Waals surface area contributed by atoms with Crippen molar-refractivity contribution in [2.75, 3.05) is 6.61 Å². The number of carbonyl (C=O) groups is 1. The van der Waals surface area contributed by atoms with E-state index in [1.54, 1.807) is 24.3 Å². The van der Waals surface area contributed by atoms with Crippen molar-refractivity contribution in [3.05, 3.63) is 42.8 Å². The molecule has 0 fully saturated rings. The maximum atomic E-state index is 11.5. The lowest BCUT2D eigenvalue weighted by Crippen LogP contribution is -2.06. The molecule has 0 amide bonds. The zero-order valence-electron chi connectivity index (χ0n) is 12.2. The molecule has 0 saturated carbocycles. The predicted octanol–water partition coefficient (Wildman–Crippen LogP) is 4.73. The van der Waals surface area contributed by atoms with E-state index in [1.165, 1.54) is 32.1 Å². The normalized spacial score (nSPS) is 10.4. The molecule has 0 bridgehead atoms. The lowest BCUT2D eigenvalue weighted by Gasteiger charge is -2.04. The number of benzene rings is 1. The summed E-state index contributed by atoms with van der Waals surface area (Å²) in [6.45, 7) is 4.30. The van der Waals surface area contributed by atoms with E-state index in [4.69, 9.17) is 9.78 Å². The molecule has 0 saturated heterocycles. The van der Waals surface area contributed by atoms with E-state index in [2.05, 4.69) is 6.92 Å². The molecule has 1 radical (unpaired) electrons. The van der Waals surface area contributed by atoms with Crippen molar-refractivity contribution >= 4 is 5.97 Å². The Hall–Kier alpha value is -1.35. The molecule has 0 atom stereocenters. The monoisotopic (exact) mass is 277 g/mol. The van der Waals surface area contributed by atoms with E-state index in [0.29, 0.717) is 12.2 Å². The first kappa shape index (κ1) is 16.7. The van der Waals surface area contributed by atoms with Crippen LogP contribution in [0.5, 0.6) is 0 Å². The third kappa shape index (κ3) is 7.95. The van der Waals surface area contributed by atoms with Gasteiger partial charge in [-0.1, -0.05) is 70.1 Å². The van der Waals surface area contributed by atoms with Gasteiger partial charge >= 0.3 is 5.97 Å². The summed E-state index contributed by atoms with van der Waals surface area (Å²) in [6.07, 6.45) is 9.38. The van der Waals surface area contributed by atoms with Crippen LogP contribution in [0.4, 0.5) is 0 Å². The molecule has 20 heavy (non-hydrogen) atoms. The summed E-state index contributed by atoms with van der Waals surface area (Å²) in [5.41, 5.74) is 0.512. The van der Waals surface area contributed by atoms with E-state index in [1.807, 2.05) is 6.07 Å². The second-order valence-corrected chi connectivity index (χ2v) is 4.89. The lowest BCUT2D eigenvalue weighted by atomic mass is 10.1. The van der Waals surface area contributed by atoms with Crippen molar-refractivity contribution in [1.29, 1.82) is 0 Å². The third-order valence-corrected chi connectivity index (χ3v) is 3.12. The zero-order chi connectivity index (χ0) is 14.5. The summed E-state index contributed by atoms with van der Waals surface area (Å²) in [7, 11) is 0. The van der Waals surface area contributed by atoms with Gasteiger partial charge in [-0.15, -0.1) is 0 Å². The van der Waals surface area contributed by atoms with Gasteiger partial charge in [0.25, 0.3) is 0 Å². The summed E-state index contributed by atoms with van der Waals surface area (Å²) in [5, 5.41) is 0. The average Bonchev–Trinajstić information content (AvgIpc) is 2.50. The van der Waals surface area contributed by atoms with Crippen LogP contribution in [0.2, 0.25) is 0 Å². The van der Waals surface area contributed by atoms with E-state index in [9.17, 15) is 4.79 Å². The van der Waals surface area contributed by atoms with Crippen molar-refractivity contribution < 1.29 is 14.6 Å². The molecule has 0 N–H and O–H groups in total. The Morgan fingerprint density at radius 3 is 2.15 bits per heavy atom.